The van der Waals surface area contributed by atoms with Gasteiger partial charge in [-0.25, -0.2) is 4.98 Å². The van der Waals surface area contributed by atoms with Gasteiger partial charge in [-0.2, -0.15) is 10.5 Å². The summed E-state index contributed by atoms with van der Waals surface area (Å²) >= 11 is 6.03. The molecular formula is C24H23ClN4O2. The lowest BCUT2D eigenvalue weighted by molar-refractivity contribution is 0.0446. The van der Waals surface area contributed by atoms with E-state index in [1.807, 2.05) is 30.5 Å². The lowest BCUT2D eigenvalue weighted by Gasteiger charge is -2.25. The van der Waals surface area contributed by atoms with Crippen molar-refractivity contribution in [1.82, 2.24) is 9.55 Å². The molecule has 2 N–H and O–H groups in total. The Kier molecular flexibility index (Phi) is 6.48. The van der Waals surface area contributed by atoms with E-state index in [0.29, 0.717) is 35.3 Å². The van der Waals surface area contributed by atoms with Crippen molar-refractivity contribution in [1.29, 1.82) is 10.5 Å². The highest BCUT2D eigenvalue weighted by Crippen LogP contribution is 2.39. The Balaban J connectivity index is 2.26. The van der Waals surface area contributed by atoms with Crippen LogP contribution >= 0.6 is 11.6 Å². The number of halogens is 1. The van der Waals surface area contributed by atoms with Gasteiger partial charge in [-0.1, -0.05) is 30.7 Å². The molecule has 3 aromatic rings. The second-order valence-electron chi connectivity index (χ2n) is 7.65. The van der Waals surface area contributed by atoms with Gasteiger partial charge in [0.25, 0.3) is 0 Å². The molecule has 31 heavy (non-hydrogen) atoms. The van der Waals surface area contributed by atoms with Gasteiger partial charge in [0.2, 0.25) is 0 Å². The fourth-order valence-corrected chi connectivity index (χ4v) is 3.92. The number of hydrogen-bond donors (Lipinski definition) is 2. The number of pyridine rings is 1. The van der Waals surface area contributed by atoms with Gasteiger partial charge in [0.15, 0.2) is 0 Å². The summed E-state index contributed by atoms with van der Waals surface area (Å²) in [4.78, 5) is 4.15. The Morgan fingerprint density at radius 1 is 1.19 bits per heavy atom. The first-order valence-corrected chi connectivity index (χ1v) is 10.3. The highest BCUT2D eigenvalue weighted by Gasteiger charge is 2.33. The van der Waals surface area contributed by atoms with Crippen LogP contribution in [0.3, 0.4) is 0 Å². The average Bonchev–Trinajstić information content (AvgIpc) is 3.07. The van der Waals surface area contributed by atoms with Gasteiger partial charge >= 0.3 is 0 Å². The Morgan fingerprint density at radius 3 is 2.42 bits per heavy atom. The predicted molar refractivity (Wildman–Crippen MR) is 118 cm³/mol. The third-order valence-corrected chi connectivity index (χ3v) is 5.96. The highest BCUT2D eigenvalue weighted by atomic mass is 35.5. The monoisotopic (exact) mass is 434 g/mol. The maximum atomic E-state index is 11.2. The standard InChI is InChI=1S/C24H23ClN4O2/c1-4-24(3,31)22-20(11-27)21(18-7-5-16(10-26)6-8-18)15(2)29(22)13-17-9-19(14-30)23(25)28-12-17/h5-9,12,30-31H,4,13-14H2,1-3H3. The summed E-state index contributed by atoms with van der Waals surface area (Å²) in [6.45, 7) is 5.58. The van der Waals surface area contributed by atoms with Crippen LogP contribution in [0, 0.1) is 29.6 Å². The van der Waals surface area contributed by atoms with Crippen molar-refractivity contribution in [3.63, 3.8) is 0 Å². The van der Waals surface area contributed by atoms with Crippen molar-refractivity contribution in [2.24, 2.45) is 0 Å². The molecule has 0 saturated carbocycles. The fourth-order valence-electron chi connectivity index (χ4n) is 3.76. The van der Waals surface area contributed by atoms with E-state index in [1.165, 1.54) is 0 Å². The van der Waals surface area contributed by atoms with E-state index in [0.717, 1.165) is 22.4 Å². The van der Waals surface area contributed by atoms with Crippen molar-refractivity contribution < 1.29 is 10.2 Å². The van der Waals surface area contributed by atoms with E-state index in [-0.39, 0.29) is 11.8 Å². The van der Waals surface area contributed by atoms with Crippen LogP contribution < -0.4 is 0 Å². The van der Waals surface area contributed by atoms with Gasteiger partial charge in [-0.3, -0.25) is 0 Å². The Bertz CT molecular complexity index is 1200. The maximum absolute atomic E-state index is 11.2. The zero-order valence-electron chi connectivity index (χ0n) is 17.6. The lowest BCUT2D eigenvalue weighted by atomic mass is 9.92. The minimum Gasteiger partial charge on any atom is -0.392 e. The molecule has 1 aromatic carbocycles. The smallest absolute Gasteiger partial charge is 0.134 e. The van der Waals surface area contributed by atoms with Crippen molar-refractivity contribution in [3.8, 4) is 23.3 Å². The molecule has 6 nitrogen and oxygen atoms in total. The van der Waals surface area contributed by atoms with Gasteiger partial charge in [0.1, 0.15) is 16.8 Å². The zero-order chi connectivity index (χ0) is 22.8. The van der Waals surface area contributed by atoms with Crippen LogP contribution in [0.15, 0.2) is 36.5 Å². The molecular weight excluding hydrogens is 412 g/mol. The molecule has 0 bridgehead atoms. The summed E-state index contributed by atoms with van der Waals surface area (Å²) in [5.74, 6) is 0. The average molecular weight is 435 g/mol. The van der Waals surface area contributed by atoms with Crippen LogP contribution in [0.25, 0.3) is 11.1 Å². The maximum Gasteiger partial charge on any atom is 0.134 e. The van der Waals surface area contributed by atoms with Crippen molar-refractivity contribution in [2.75, 3.05) is 0 Å². The van der Waals surface area contributed by atoms with E-state index in [1.54, 1.807) is 31.3 Å². The summed E-state index contributed by atoms with van der Waals surface area (Å²) in [5.41, 5.74) is 3.85. The molecule has 0 fully saturated rings. The molecule has 0 aliphatic carbocycles. The minimum atomic E-state index is -1.24. The second-order valence-corrected chi connectivity index (χ2v) is 8.01. The predicted octanol–water partition coefficient (Wildman–Crippen LogP) is 4.41. The molecule has 0 spiro atoms. The van der Waals surface area contributed by atoms with E-state index in [2.05, 4.69) is 17.1 Å². The topological polar surface area (TPSA) is 106 Å². The number of aliphatic hydroxyl groups excluding tert-OH is 1. The number of benzene rings is 1. The first-order valence-electron chi connectivity index (χ1n) is 9.88. The number of nitriles is 2. The first-order chi connectivity index (χ1) is 14.8. The van der Waals surface area contributed by atoms with Gasteiger partial charge in [-0.15, -0.1) is 0 Å². The van der Waals surface area contributed by atoms with Crippen LogP contribution in [0.4, 0.5) is 0 Å². The molecule has 0 radical (unpaired) electrons. The molecule has 0 aliphatic rings. The largest absolute Gasteiger partial charge is 0.392 e. The zero-order valence-corrected chi connectivity index (χ0v) is 18.4. The molecule has 1 atom stereocenters. The summed E-state index contributed by atoms with van der Waals surface area (Å²) < 4.78 is 1.92. The van der Waals surface area contributed by atoms with E-state index in [4.69, 9.17) is 16.9 Å². The van der Waals surface area contributed by atoms with Crippen LogP contribution in [-0.2, 0) is 18.8 Å². The normalized spacial score (nSPS) is 12.8. The first kappa shape index (κ1) is 22.5. The van der Waals surface area contributed by atoms with Crippen molar-refractivity contribution in [3.05, 3.63) is 75.3 Å². The number of aliphatic hydroxyl groups is 2. The molecule has 3 rings (SSSR count). The summed E-state index contributed by atoms with van der Waals surface area (Å²) in [5, 5.41) is 40.1. The molecule has 1 unspecified atom stereocenters. The quantitative estimate of drug-likeness (QED) is 0.559. The number of aromatic nitrogens is 2. The number of nitrogens with zero attached hydrogens (tertiary/aromatic N) is 4. The van der Waals surface area contributed by atoms with Gasteiger partial charge in [0, 0.05) is 29.6 Å². The SMILES string of the molecule is CCC(C)(O)c1c(C#N)c(-c2ccc(C#N)cc2)c(C)n1Cc1cnc(Cl)c(CO)c1. The number of hydrogen-bond acceptors (Lipinski definition) is 5. The van der Waals surface area contributed by atoms with Gasteiger partial charge < -0.3 is 14.8 Å². The van der Waals surface area contributed by atoms with Crippen LogP contribution in [0.2, 0.25) is 5.15 Å². The molecule has 0 amide bonds. The third-order valence-electron chi connectivity index (χ3n) is 5.62. The van der Waals surface area contributed by atoms with Crippen molar-refractivity contribution >= 4 is 11.6 Å². The van der Waals surface area contributed by atoms with Crippen molar-refractivity contribution in [2.45, 2.75) is 45.9 Å². The fraction of sp³-hybridized carbons (Fsp3) is 0.292. The van der Waals surface area contributed by atoms with Gasteiger partial charge in [-0.05, 0) is 49.6 Å². The molecule has 7 heteroatoms. The summed E-state index contributed by atoms with van der Waals surface area (Å²) in [6, 6.07) is 13.2. The lowest BCUT2D eigenvalue weighted by Crippen LogP contribution is -2.26. The van der Waals surface area contributed by atoms with E-state index < -0.39 is 5.60 Å². The van der Waals surface area contributed by atoms with Crippen LogP contribution in [-0.4, -0.2) is 19.8 Å². The summed E-state index contributed by atoms with van der Waals surface area (Å²) in [6.07, 6.45) is 2.04. The molecule has 158 valence electrons. The molecule has 0 aliphatic heterocycles. The second kappa shape index (κ2) is 8.91. The molecule has 2 heterocycles. The highest BCUT2D eigenvalue weighted by molar-refractivity contribution is 6.30. The van der Waals surface area contributed by atoms with Crippen LogP contribution in [0.5, 0.6) is 0 Å². The third kappa shape index (κ3) is 4.19. The minimum absolute atomic E-state index is 0.232. The molecule has 2 aromatic heterocycles. The Hall–Kier alpha value is -3.16. The van der Waals surface area contributed by atoms with E-state index in [9.17, 15) is 15.5 Å². The summed E-state index contributed by atoms with van der Waals surface area (Å²) in [7, 11) is 0. The van der Waals surface area contributed by atoms with Gasteiger partial charge in [0.05, 0.1) is 29.5 Å². The Labute approximate surface area is 186 Å². The molecule has 0 saturated heterocycles. The van der Waals surface area contributed by atoms with E-state index >= 15 is 0 Å². The number of rotatable bonds is 6. The van der Waals surface area contributed by atoms with Crippen LogP contribution in [0.1, 0.15) is 53.9 Å². The Morgan fingerprint density at radius 2 is 1.87 bits per heavy atom.